The Morgan fingerprint density at radius 1 is 0.500 bits per heavy atom. The summed E-state index contributed by atoms with van der Waals surface area (Å²) in [5.74, 6) is 3.33. The quantitative estimate of drug-likeness (QED) is 0.192. The van der Waals surface area contributed by atoms with Crippen molar-refractivity contribution in [3.05, 3.63) is 209 Å². The monoisotopic (exact) mass is 670 g/mol. The first-order valence-electron chi connectivity index (χ1n) is 17.7. The number of ether oxygens (including phenoxy) is 1. The number of nitrogens with one attached hydrogen (secondary N) is 2. The van der Waals surface area contributed by atoms with E-state index in [1.54, 1.807) is 0 Å². The number of anilines is 1. The fourth-order valence-corrected chi connectivity index (χ4v) is 8.20. The molecule has 0 aromatic heterocycles. The summed E-state index contributed by atoms with van der Waals surface area (Å²) in [5.41, 5.74) is 13.0. The van der Waals surface area contributed by atoms with Crippen LogP contribution in [0.15, 0.2) is 180 Å². The number of fused-ring (bicyclic) bond motifs is 9. The smallest absolute Gasteiger partial charge is 0.169 e. The van der Waals surface area contributed by atoms with Crippen LogP contribution in [0.25, 0.3) is 22.3 Å². The summed E-state index contributed by atoms with van der Waals surface area (Å²) in [6.07, 6.45) is -0.471. The van der Waals surface area contributed by atoms with E-state index in [0.29, 0.717) is 0 Å². The molecule has 0 amide bonds. The highest BCUT2D eigenvalue weighted by Crippen LogP contribution is 2.62. The summed E-state index contributed by atoms with van der Waals surface area (Å²) in [6, 6.07) is 59.9. The molecular formula is C47H34N4O. The predicted molar refractivity (Wildman–Crippen MR) is 211 cm³/mol. The van der Waals surface area contributed by atoms with Gasteiger partial charge in [-0.2, -0.15) is 0 Å². The summed E-state index contributed by atoms with van der Waals surface area (Å²) in [7, 11) is 1.94. The first-order chi connectivity index (χ1) is 25.7. The third kappa shape index (κ3) is 4.63. The molecule has 1 spiro atoms. The van der Waals surface area contributed by atoms with Gasteiger partial charge in [0.1, 0.15) is 23.2 Å². The van der Waals surface area contributed by atoms with Crippen molar-refractivity contribution in [1.29, 1.82) is 0 Å². The highest BCUT2D eigenvalue weighted by atomic mass is 16.5. The van der Waals surface area contributed by atoms with Crippen LogP contribution < -0.4 is 15.4 Å². The van der Waals surface area contributed by atoms with E-state index in [1.807, 2.05) is 25.2 Å². The minimum Gasteiger partial charge on any atom is -0.457 e. The third-order valence-corrected chi connectivity index (χ3v) is 10.6. The number of hydrogen-bond donors (Lipinski definition) is 2. The number of rotatable bonds is 5. The molecule has 0 radical (unpaired) electrons. The standard InChI is InChI=1S/C47H34N4O/c1-48-35-25-22-30(23-26-35)32-14-11-15-33(28-32)45-49-44(31-12-3-2-4-13-31)50-46(51-45)34-24-27-37-36-16-5-6-17-38(36)47(41(37)29-34)39-18-7-9-20-42(39)52-43-21-10-8-19-40(43)47/h2-29,46,48H,1H3,(H,49,50,51). The summed E-state index contributed by atoms with van der Waals surface area (Å²) < 4.78 is 6.56. The zero-order valence-electron chi connectivity index (χ0n) is 28.5. The van der Waals surface area contributed by atoms with Crippen molar-refractivity contribution < 1.29 is 4.74 Å². The maximum absolute atomic E-state index is 6.56. The number of hydrogen-bond acceptors (Lipinski definition) is 5. The molecule has 1 unspecified atom stereocenters. The molecule has 0 saturated carbocycles. The average molecular weight is 671 g/mol. The average Bonchev–Trinajstić information content (AvgIpc) is 3.51. The summed E-state index contributed by atoms with van der Waals surface area (Å²) >= 11 is 0. The van der Waals surface area contributed by atoms with Gasteiger partial charge in [0.2, 0.25) is 0 Å². The molecule has 3 aliphatic rings. The lowest BCUT2D eigenvalue weighted by Gasteiger charge is -2.39. The number of nitrogens with zero attached hydrogens (tertiary/aromatic N) is 2. The second-order valence-electron chi connectivity index (χ2n) is 13.4. The number of para-hydroxylation sites is 2. The maximum Gasteiger partial charge on any atom is 0.169 e. The fraction of sp³-hybridized carbons (Fsp3) is 0.0638. The van der Waals surface area contributed by atoms with Gasteiger partial charge in [0.25, 0.3) is 0 Å². The van der Waals surface area contributed by atoms with Gasteiger partial charge in [0.05, 0.1) is 5.41 Å². The number of aliphatic imine (C=N–C) groups is 2. The Kier molecular flexibility index (Phi) is 6.93. The zero-order valence-corrected chi connectivity index (χ0v) is 28.5. The molecule has 2 heterocycles. The van der Waals surface area contributed by atoms with Crippen LogP contribution in [0, 0.1) is 0 Å². The van der Waals surface area contributed by atoms with E-state index < -0.39 is 11.6 Å². The Morgan fingerprint density at radius 3 is 1.83 bits per heavy atom. The summed E-state index contributed by atoms with van der Waals surface area (Å²) in [5, 5.41) is 6.82. The summed E-state index contributed by atoms with van der Waals surface area (Å²) in [6.45, 7) is 0. The van der Waals surface area contributed by atoms with Crippen molar-refractivity contribution in [2.75, 3.05) is 12.4 Å². The van der Waals surface area contributed by atoms with Crippen LogP contribution in [0.1, 0.15) is 45.1 Å². The van der Waals surface area contributed by atoms with Crippen molar-refractivity contribution in [3.8, 4) is 33.8 Å². The predicted octanol–water partition coefficient (Wildman–Crippen LogP) is 10.4. The molecule has 1 atom stereocenters. The van der Waals surface area contributed by atoms with Crippen LogP contribution in [0.4, 0.5) is 5.69 Å². The van der Waals surface area contributed by atoms with Gasteiger partial charge in [0.15, 0.2) is 6.17 Å². The molecule has 0 saturated heterocycles. The van der Waals surface area contributed by atoms with Gasteiger partial charge in [-0.3, -0.25) is 0 Å². The van der Waals surface area contributed by atoms with Gasteiger partial charge >= 0.3 is 0 Å². The van der Waals surface area contributed by atoms with Crippen molar-refractivity contribution in [3.63, 3.8) is 0 Å². The van der Waals surface area contributed by atoms with E-state index in [0.717, 1.165) is 67.8 Å². The Morgan fingerprint density at radius 2 is 1.10 bits per heavy atom. The molecule has 7 aromatic carbocycles. The van der Waals surface area contributed by atoms with Crippen LogP contribution in [0.5, 0.6) is 11.5 Å². The summed E-state index contributed by atoms with van der Waals surface area (Å²) in [4.78, 5) is 10.6. The minimum atomic E-state index is -0.560. The zero-order chi connectivity index (χ0) is 34.6. The van der Waals surface area contributed by atoms with Gasteiger partial charge in [-0.1, -0.05) is 133 Å². The minimum absolute atomic E-state index is 0.471. The molecule has 10 rings (SSSR count). The van der Waals surface area contributed by atoms with Crippen molar-refractivity contribution in [2.24, 2.45) is 9.98 Å². The van der Waals surface area contributed by atoms with Crippen molar-refractivity contribution in [1.82, 2.24) is 5.32 Å². The fourth-order valence-electron chi connectivity index (χ4n) is 8.20. The van der Waals surface area contributed by atoms with Crippen molar-refractivity contribution >= 4 is 17.4 Å². The van der Waals surface area contributed by atoms with Crippen LogP contribution in [-0.2, 0) is 5.41 Å². The Hall–Kier alpha value is -6.72. The molecular weight excluding hydrogens is 637 g/mol. The molecule has 52 heavy (non-hydrogen) atoms. The largest absolute Gasteiger partial charge is 0.457 e. The van der Waals surface area contributed by atoms with Crippen LogP contribution >= 0.6 is 0 Å². The van der Waals surface area contributed by atoms with E-state index in [9.17, 15) is 0 Å². The molecule has 1 aliphatic carbocycles. The van der Waals surface area contributed by atoms with Crippen LogP contribution in [-0.4, -0.2) is 18.7 Å². The Labute approximate surface area is 303 Å². The van der Waals surface area contributed by atoms with E-state index in [2.05, 4.69) is 162 Å². The SMILES string of the molecule is CNc1ccc(-c2cccc(C3=NC(c4ccc5c(c4)C4(c6ccccc6Oc6ccccc64)c4ccccc4-5)N=C(c4ccccc4)N3)c2)cc1. The molecule has 5 nitrogen and oxygen atoms in total. The second-order valence-corrected chi connectivity index (χ2v) is 13.4. The molecule has 0 bridgehead atoms. The molecule has 248 valence electrons. The van der Waals surface area contributed by atoms with Crippen LogP contribution in [0.2, 0.25) is 0 Å². The van der Waals surface area contributed by atoms with Gasteiger partial charge in [-0.15, -0.1) is 0 Å². The lowest BCUT2D eigenvalue weighted by molar-refractivity contribution is 0.436. The molecule has 7 aromatic rings. The lowest BCUT2D eigenvalue weighted by Crippen LogP contribution is -2.36. The Balaban J connectivity index is 1.16. The highest BCUT2D eigenvalue weighted by molar-refractivity contribution is 6.16. The van der Waals surface area contributed by atoms with Gasteiger partial charge < -0.3 is 15.4 Å². The Bertz CT molecular complexity index is 2530. The van der Waals surface area contributed by atoms with Gasteiger partial charge in [-0.25, -0.2) is 9.98 Å². The third-order valence-electron chi connectivity index (χ3n) is 10.6. The first-order valence-corrected chi connectivity index (χ1v) is 17.7. The second kappa shape index (κ2) is 12.0. The van der Waals surface area contributed by atoms with E-state index in [1.165, 1.54) is 22.3 Å². The lowest BCUT2D eigenvalue weighted by atomic mass is 9.66. The van der Waals surface area contributed by atoms with E-state index >= 15 is 0 Å². The molecule has 2 aliphatic heterocycles. The number of amidine groups is 2. The topological polar surface area (TPSA) is 58.0 Å². The van der Waals surface area contributed by atoms with Crippen LogP contribution in [0.3, 0.4) is 0 Å². The van der Waals surface area contributed by atoms with Gasteiger partial charge in [-0.05, 0) is 75.3 Å². The number of benzene rings is 7. The first kappa shape index (κ1) is 30.1. The van der Waals surface area contributed by atoms with E-state index in [4.69, 9.17) is 14.7 Å². The molecule has 5 heteroatoms. The molecule has 2 N–H and O–H groups in total. The highest BCUT2D eigenvalue weighted by Gasteiger charge is 2.51. The molecule has 0 fully saturated rings. The van der Waals surface area contributed by atoms with Crippen molar-refractivity contribution in [2.45, 2.75) is 11.6 Å². The van der Waals surface area contributed by atoms with Gasteiger partial charge in [0, 0.05) is 35.0 Å². The normalized spacial score (nSPS) is 15.9. The maximum atomic E-state index is 6.56. The van der Waals surface area contributed by atoms with E-state index in [-0.39, 0.29) is 0 Å².